The Morgan fingerprint density at radius 1 is 0.765 bits per heavy atom. The summed E-state index contributed by atoms with van der Waals surface area (Å²) in [4.78, 5) is 0. The fourth-order valence-corrected chi connectivity index (χ4v) is 4.33. The van der Waals surface area contributed by atoms with Crippen molar-refractivity contribution < 1.29 is 0 Å². The van der Waals surface area contributed by atoms with Crippen LogP contribution in [0.2, 0.25) is 0 Å². The van der Waals surface area contributed by atoms with Crippen molar-refractivity contribution in [2.24, 2.45) is 28.7 Å². The van der Waals surface area contributed by atoms with Gasteiger partial charge in [-0.15, -0.1) is 0 Å². The van der Waals surface area contributed by atoms with Crippen LogP contribution >= 0.6 is 0 Å². The molecule has 0 aliphatic heterocycles. The van der Waals surface area contributed by atoms with Crippen molar-refractivity contribution in [2.45, 2.75) is 77.3 Å². The number of hydrogen-bond acceptors (Lipinski definition) is 2. The van der Waals surface area contributed by atoms with Crippen molar-refractivity contribution in [1.29, 1.82) is 0 Å². The molecule has 0 amide bonds. The summed E-state index contributed by atoms with van der Waals surface area (Å²) in [6.45, 7) is 2.39. The van der Waals surface area contributed by atoms with E-state index in [0.29, 0.717) is 0 Å². The molecule has 0 atom stereocenters. The Morgan fingerprint density at radius 3 is 1.41 bits per heavy atom. The highest BCUT2D eigenvalue weighted by Crippen LogP contribution is 2.49. The summed E-state index contributed by atoms with van der Waals surface area (Å²) < 4.78 is 0. The van der Waals surface area contributed by atoms with Gasteiger partial charge in [0.05, 0.1) is 6.17 Å². The number of hydrogen-bond donors (Lipinski definition) is 2. The molecule has 4 N–H and O–H groups in total. The molecular weight excluding hydrogens is 208 g/mol. The predicted octanol–water partition coefficient (Wildman–Crippen LogP) is 3.40. The highest BCUT2D eigenvalue weighted by molar-refractivity contribution is 4.95. The third-order valence-corrected chi connectivity index (χ3v) is 5.69. The van der Waals surface area contributed by atoms with E-state index in [4.69, 9.17) is 11.5 Å². The van der Waals surface area contributed by atoms with Crippen LogP contribution in [0.3, 0.4) is 0 Å². The van der Waals surface area contributed by atoms with Crippen LogP contribution in [0.5, 0.6) is 0 Å². The zero-order chi connectivity index (χ0) is 12.3. The minimum Gasteiger partial charge on any atom is -0.316 e. The van der Waals surface area contributed by atoms with Gasteiger partial charge in [0.2, 0.25) is 0 Å². The van der Waals surface area contributed by atoms with Gasteiger partial charge < -0.3 is 11.5 Å². The molecule has 0 aromatic carbocycles. The first-order valence-corrected chi connectivity index (χ1v) is 7.67. The standard InChI is InChI=1S/C15H30N2/c1-15(14(16)17,12-8-4-2-5-9-12)13-10-6-3-7-11-13/h12-14H,2-11,16-17H2,1H3. The second-order valence-electron chi connectivity index (χ2n) is 6.56. The van der Waals surface area contributed by atoms with Crippen LogP contribution in [0.4, 0.5) is 0 Å². The van der Waals surface area contributed by atoms with E-state index in [1.165, 1.54) is 64.2 Å². The van der Waals surface area contributed by atoms with Gasteiger partial charge in [-0.25, -0.2) is 0 Å². The molecule has 0 aromatic rings. The lowest BCUT2D eigenvalue weighted by atomic mass is 9.58. The molecule has 0 radical (unpaired) electrons. The van der Waals surface area contributed by atoms with E-state index in [2.05, 4.69) is 6.92 Å². The lowest BCUT2D eigenvalue weighted by Crippen LogP contribution is -2.55. The first kappa shape index (κ1) is 13.4. The molecular formula is C15H30N2. The monoisotopic (exact) mass is 238 g/mol. The summed E-state index contributed by atoms with van der Waals surface area (Å²) in [5, 5.41) is 0. The van der Waals surface area contributed by atoms with Crippen molar-refractivity contribution in [3.05, 3.63) is 0 Å². The summed E-state index contributed by atoms with van der Waals surface area (Å²) in [6.07, 6.45) is 13.7. The van der Waals surface area contributed by atoms with Gasteiger partial charge in [0.25, 0.3) is 0 Å². The van der Waals surface area contributed by atoms with Gasteiger partial charge >= 0.3 is 0 Å². The molecule has 0 aromatic heterocycles. The van der Waals surface area contributed by atoms with Crippen LogP contribution in [0, 0.1) is 17.3 Å². The molecule has 2 aliphatic rings. The van der Waals surface area contributed by atoms with Crippen LogP contribution in [0.1, 0.15) is 71.1 Å². The summed E-state index contributed by atoms with van der Waals surface area (Å²) in [5.41, 5.74) is 12.6. The second kappa shape index (κ2) is 5.71. The van der Waals surface area contributed by atoms with Crippen molar-refractivity contribution in [3.63, 3.8) is 0 Å². The largest absolute Gasteiger partial charge is 0.316 e. The van der Waals surface area contributed by atoms with E-state index in [1.54, 1.807) is 0 Å². The number of rotatable bonds is 3. The van der Waals surface area contributed by atoms with E-state index in [0.717, 1.165) is 11.8 Å². The van der Waals surface area contributed by atoms with E-state index in [1.807, 2.05) is 0 Å². The second-order valence-corrected chi connectivity index (χ2v) is 6.56. The summed E-state index contributed by atoms with van der Waals surface area (Å²) >= 11 is 0. The van der Waals surface area contributed by atoms with Crippen LogP contribution in [-0.2, 0) is 0 Å². The van der Waals surface area contributed by atoms with Crippen LogP contribution in [0.25, 0.3) is 0 Å². The molecule has 2 nitrogen and oxygen atoms in total. The molecule has 0 bridgehead atoms. The van der Waals surface area contributed by atoms with Gasteiger partial charge in [0.1, 0.15) is 0 Å². The van der Waals surface area contributed by atoms with Gasteiger partial charge in [-0.1, -0.05) is 45.4 Å². The Bertz CT molecular complexity index is 207. The fraction of sp³-hybridized carbons (Fsp3) is 1.00. The lowest BCUT2D eigenvalue weighted by Gasteiger charge is -2.49. The maximum atomic E-state index is 6.21. The first-order valence-electron chi connectivity index (χ1n) is 7.67. The molecule has 0 spiro atoms. The highest BCUT2D eigenvalue weighted by Gasteiger charge is 2.44. The Morgan fingerprint density at radius 2 is 1.12 bits per heavy atom. The highest BCUT2D eigenvalue weighted by atomic mass is 14.9. The van der Waals surface area contributed by atoms with Crippen molar-refractivity contribution in [1.82, 2.24) is 0 Å². The summed E-state index contributed by atoms with van der Waals surface area (Å²) in [7, 11) is 0. The molecule has 100 valence electrons. The molecule has 0 saturated heterocycles. The SMILES string of the molecule is CC(C(N)N)(C1CCCCC1)C1CCCCC1. The van der Waals surface area contributed by atoms with E-state index < -0.39 is 0 Å². The van der Waals surface area contributed by atoms with E-state index in [-0.39, 0.29) is 11.6 Å². The van der Waals surface area contributed by atoms with Crippen LogP contribution < -0.4 is 11.5 Å². The molecule has 2 saturated carbocycles. The van der Waals surface area contributed by atoms with Gasteiger partial charge in [-0.05, 0) is 37.5 Å². The normalized spacial score (nSPS) is 25.4. The minimum atomic E-state index is -0.131. The molecule has 2 heteroatoms. The van der Waals surface area contributed by atoms with Gasteiger partial charge in [0.15, 0.2) is 0 Å². The van der Waals surface area contributed by atoms with Gasteiger partial charge in [0, 0.05) is 5.41 Å². The topological polar surface area (TPSA) is 52.0 Å². The molecule has 0 heterocycles. The minimum absolute atomic E-state index is 0.131. The Kier molecular flexibility index (Phi) is 4.48. The average Bonchev–Trinajstić information content (AvgIpc) is 2.39. The predicted molar refractivity (Wildman–Crippen MR) is 73.4 cm³/mol. The Balaban J connectivity index is 2.11. The third-order valence-electron chi connectivity index (χ3n) is 5.69. The molecule has 2 fully saturated rings. The molecule has 17 heavy (non-hydrogen) atoms. The lowest BCUT2D eigenvalue weighted by molar-refractivity contribution is 0.0165. The van der Waals surface area contributed by atoms with Crippen molar-refractivity contribution in [3.8, 4) is 0 Å². The molecule has 0 unspecified atom stereocenters. The van der Waals surface area contributed by atoms with Crippen LogP contribution in [-0.4, -0.2) is 6.17 Å². The molecule has 2 rings (SSSR count). The smallest absolute Gasteiger partial charge is 0.0581 e. The summed E-state index contributed by atoms with van der Waals surface area (Å²) in [6, 6.07) is 0. The Labute approximate surface area is 107 Å². The zero-order valence-electron chi connectivity index (χ0n) is 11.5. The van der Waals surface area contributed by atoms with Crippen LogP contribution in [0.15, 0.2) is 0 Å². The fourth-order valence-electron chi connectivity index (χ4n) is 4.33. The maximum absolute atomic E-state index is 6.21. The van der Waals surface area contributed by atoms with Gasteiger partial charge in [-0.2, -0.15) is 0 Å². The first-order chi connectivity index (χ1) is 8.15. The maximum Gasteiger partial charge on any atom is 0.0581 e. The number of nitrogens with two attached hydrogens (primary N) is 2. The van der Waals surface area contributed by atoms with Crippen molar-refractivity contribution >= 4 is 0 Å². The Hall–Kier alpha value is -0.0800. The van der Waals surface area contributed by atoms with Crippen molar-refractivity contribution in [2.75, 3.05) is 0 Å². The van der Waals surface area contributed by atoms with E-state index >= 15 is 0 Å². The molecule has 2 aliphatic carbocycles. The van der Waals surface area contributed by atoms with Gasteiger partial charge in [-0.3, -0.25) is 0 Å². The quantitative estimate of drug-likeness (QED) is 0.740. The summed E-state index contributed by atoms with van der Waals surface area (Å²) in [5.74, 6) is 1.55. The average molecular weight is 238 g/mol. The zero-order valence-corrected chi connectivity index (χ0v) is 11.5. The third kappa shape index (κ3) is 2.68. The van der Waals surface area contributed by atoms with E-state index in [9.17, 15) is 0 Å².